The molecule has 0 aliphatic rings. The number of aliphatic imine (C=N–C) groups is 1. The zero-order chi connectivity index (χ0) is 11.4. The third-order valence-electron chi connectivity index (χ3n) is 1.64. The summed E-state index contributed by atoms with van der Waals surface area (Å²) in [6.45, 7) is 0. The van der Waals surface area contributed by atoms with Crippen molar-refractivity contribution in [2.24, 2.45) is 4.99 Å². The molecule has 6 heteroatoms. The molecule has 1 unspecified atom stereocenters. The van der Waals surface area contributed by atoms with Crippen LogP contribution in [0.2, 0.25) is 0 Å². The fourth-order valence-electron chi connectivity index (χ4n) is 0.968. The molecule has 3 nitrogen and oxygen atoms in total. The minimum atomic E-state index is -1.52. The first-order valence-corrected chi connectivity index (χ1v) is 3.71. The predicted octanol–water partition coefficient (Wildman–Crippen LogP) is 2.00. The zero-order valence-corrected chi connectivity index (χ0v) is 7.17. The van der Waals surface area contributed by atoms with Gasteiger partial charge in [0.1, 0.15) is 5.82 Å². The lowest BCUT2D eigenvalue weighted by Crippen LogP contribution is -1.99. The summed E-state index contributed by atoms with van der Waals surface area (Å²) >= 11 is 0. The summed E-state index contributed by atoms with van der Waals surface area (Å²) in [6, 6.07) is 0.705. The monoisotopic (exact) mass is 212 g/mol. The van der Waals surface area contributed by atoms with Gasteiger partial charge in [-0.1, -0.05) is 0 Å². The molecular formula is C9H3F3N2O. The zero-order valence-electron chi connectivity index (χ0n) is 7.17. The Bertz CT molecular complexity index is 475. The maximum absolute atomic E-state index is 13.0. The molecule has 76 valence electrons. The molecule has 0 radical (unpaired) electrons. The first-order valence-electron chi connectivity index (χ1n) is 3.71. The highest BCUT2D eigenvalue weighted by Crippen LogP contribution is 2.22. The van der Waals surface area contributed by atoms with E-state index in [1.54, 1.807) is 0 Å². The second kappa shape index (κ2) is 4.40. The topological polar surface area (TPSA) is 53.2 Å². The molecular weight excluding hydrogens is 209 g/mol. The second-order valence-corrected chi connectivity index (χ2v) is 2.54. The summed E-state index contributed by atoms with van der Waals surface area (Å²) < 4.78 is 38.3. The van der Waals surface area contributed by atoms with Crippen LogP contribution in [0.1, 0.15) is 11.6 Å². The standard InChI is InChI=1S/C9H3F3N2O/c10-6-2-8(12)7(11)1-5(6)9(3-13)14-4-15/h1-2,9H. The van der Waals surface area contributed by atoms with Gasteiger partial charge in [-0.05, 0) is 6.07 Å². The Morgan fingerprint density at radius 2 is 1.80 bits per heavy atom. The number of nitrogens with zero attached hydrogens (tertiary/aromatic N) is 2. The fourth-order valence-corrected chi connectivity index (χ4v) is 0.968. The van der Waals surface area contributed by atoms with Crippen molar-refractivity contribution < 1.29 is 18.0 Å². The van der Waals surface area contributed by atoms with Crippen LogP contribution < -0.4 is 0 Å². The Morgan fingerprint density at radius 1 is 1.20 bits per heavy atom. The number of carbonyl (C=O) groups excluding carboxylic acids is 1. The van der Waals surface area contributed by atoms with E-state index < -0.39 is 29.1 Å². The predicted molar refractivity (Wildman–Crippen MR) is 42.8 cm³/mol. The van der Waals surface area contributed by atoms with Gasteiger partial charge < -0.3 is 0 Å². The van der Waals surface area contributed by atoms with Crippen molar-refractivity contribution in [3.8, 4) is 6.07 Å². The molecule has 1 rings (SSSR count). The number of isocyanates is 1. The van der Waals surface area contributed by atoms with Gasteiger partial charge >= 0.3 is 0 Å². The minimum Gasteiger partial charge on any atom is -0.211 e. The summed E-state index contributed by atoms with van der Waals surface area (Å²) in [6.07, 6.45) is 1.05. The van der Waals surface area contributed by atoms with Crippen LogP contribution in [0.25, 0.3) is 0 Å². The number of hydrogen-bond donors (Lipinski definition) is 0. The van der Waals surface area contributed by atoms with Crippen molar-refractivity contribution >= 4 is 6.08 Å². The molecule has 1 aromatic rings. The molecule has 0 heterocycles. The van der Waals surface area contributed by atoms with Gasteiger partial charge in [-0.2, -0.15) is 10.3 Å². The van der Waals surface area contributed by atoms with Crippen molar-refractivity contribution in [2.45, 2.75) is 6.04 Å². The Hall–Kier alpha value is -2.12. The lowest BCUT2D eigenvalue weighted by atomic mass is 10.1. The van der Waals surface area contributed by atoms with Gasteiger partial charge in [0.2, 0.25) is 6.08 Å². The normalized spacial score (nSPS) is 11.3. The highest BCUT2D eigenvalue weighted by atomic mass is 19.2. The quantitative estimate of drug-likeness (QED) is 0.427. The average molecular weight is 212 g/mol. The second-order valence-electron chi connectivity index (χ2n) is 2.54. The van der Waals surface area contributed by atoms with E-state index in [0.29, 0.717) is 6.07 Å². The van der Waals surface area contributed by atoms with Crippen LogP contribution in [-0.4, -0.2) is 6.08 Å². The Balaban J connectivity index is 3.31. The van der Waals surface area contributed by atoms with Gasteiger partial charge in [0.25, 0.3) is 0 Å². The Kier molecular flexibility index (Phi) is 3.21. The van der Waals surface area contributed by atoms with Crippen LogP contribution in [0.3, 0.4) is 0 Å². The highest BCUT2D eigenvalue weighted by Gasteiger charge is 2.17. The van der Waals surface area contributed by atoms with Gasteiger partial charge in [0, 0.05) is 11.6 Å². The highest BCUT2D eigenvalue weighted by molar-refractivity contribution is 5.38. The first kappa shape index (κ1) is 11.0. The van der Waals surface area contributed by atoms with E-state index in [-0.39, 0.29) is 6.07 Å². The van der Waals surface area contributed by atoms with E-state index in [0.717, 1.165) is 6.08 Å². The summed E-state index contributed by atoms with van der Waals surface area (Å²) in [7, 11) is 0. The van der Waals surface area contributed by atoms with E-state index in [1.807, 2.05) is 0 Å². The van der Waals surface area contributed by atoms with E-state index >= 15 is 0 Å². The van der Waals surface area contributed by atoms with Gasteiger partial charge in [0.15, 0.2) is 17.7 Å². The largest absolute Gasteiger partial charge is 0.236 e. The summed E-state index contributed by atoms with van der Waals surface area (Å²) in [5.74, 6) is -3.82. The van der Waals surface area contributed by atoms with Gasteiger partial charge in [-0.15, -0.1) is 0 Å². The molecule has 0 amide bonds. The molecule has 0 bridgehead atoms. The molecule has 0 fully saturated rings. The number of hydrogen-bond acceptors (Lipinski definition) is 3. The average Bonchev–Trinajstić information content (AvgIpc) is 2.20. The molecule has 0 saturated heterocycles. The molecule has 0 aliphatic heterocycles. The van der Waals surface area contributed by atoms with Crippen molar-refractivity contribution in [1.82, 2.24) is 0 Å². The lowest BCUT2D eigenvalue weighted by Gasteiger charge is -2.04. The van der Waals surface area contributed by atoms with E-state index in [2.05, 4.69) is 4.99 Å². The molecule has 0 aromatic heterocycles. The molecule has 0 spiro atoms. The fraction of sp³-hybridized carbons (Fsp3) is 0.111. The van der Waals surface area contributed by atoms with Crippen molar-refractivity contribution in [3.05, 3.63) is 35.1 Å². The first-order chi connectivity index (χ1) is 7.10. The SMILES string of the molecule is N#CC(N=C=O)c1cc(F)c(F)cc1F. The summed E-state index contributed by atoms with van der Waals surface area (Å²) in [5, 5.41) is 8.49. The van der Waals surface area contributed by atoms with Crippen molar-refractivity contribution in [1.29, 1.82) is 5.26 Å². The lowest BCUT2D eigenvalue weighted by molar-refractivity contribution is 0.488. The van der Waals surface area contributed by atoms with E-state index in [1.165, 1.54) is 6.07 Å². The number of benzene rings is 1. The molecule has 1 atom stereocenters. The van der Waals surface area contributed by atoms with Crippen LogP contribution in [-0.2, 0) is 4.79 Å². The van der Waals surface area contributed by atoms with Crippen LogP contribution in [0.4, 0.5) is 13.2 Å². The van der Waals surface area contributed by atoms with Crippen LogP contribution >= 0.6 is 0 Å². The maximum atomic E-state index is 13.0. The molecule has 0 saturated carbocycles. The van der Waals surface area contributed by atoms with Crippen LogP contribution in [0.5, 0.6) is 0 Å². The van der Waals surface area contributed by atoms with Gasteiger partial charge in [-0.25, -0.2) is 18.0 Å². The third kappa shape index (κ3) is 2.22. The number of rotatable bonds is 2. The Morgan fingerprint density at radius 3 is 2.33 bits per heavy atom. The molecule has 15 heavy (non-hydrogen) atoms. The molecule has 1 aromatic carbocycles. The maximum Gasteiger partial charge on any atom is 0.236 e. The Labute approximate surface area is 82.5 Å². The van der Waals surface area contributed by atoms with Gasteiger partial charge in [0.05, 0.1) is 6.07 Å². The number of halogens is 3. The van der Waals surface area contributed by atoms with Gasteiger partial charge in [-0.3, -0.25) is 0 Å². The number of nitriles is 1. The van der Waals surface area contributed by atoms with Crippen LogP contribution in [0.15, 0.2) is 17.1 Å². The van der Waals surface area contributed by atoms with Crippen molar-refractivity contribution in [3.63, 3.8) is 0 Å². The molecule has 0 aliphatic carbocycles. The van der Waals surface area contributed by atoms with Crippen molar-refractivity contribution in [2.75, 3.05) is 0 Å². The van der Waals surface area contributed by atoms with Crippen LogP contribution in [0, 0.1) is 28.8 Å². The smallest absolute Gasteiger partial charge is 0.211 e. The van der Waals surface area contributed by atoms with E-state index in [4.69, 9.17) is 5.26 Å². The summed E-state index contributed by atoms with van der Waals surface area (Å²) in [4.78, 5) is 12.8. The minimum absolute atomic E-state index is 0.287. The van der Waals surface area contributed by atoms with E-state index in [9.17, 15) is 18.0 Å². The summed E-state index contributed by atoms with van der Waals surface area (Å²) in [5.41, 5.74) is -0.500. The molecule has 0 N–H and O–H groups in total. The third-order valence-corrected chi connectivity index (χ3v) is 1.64.